The molecule has 0 aliphatic heterocycles. The average molecular weight is 361 g/mol. The van der Waals surface area contributed by atoms with Crippen LogP contribution in [-0.2, 0) is 0 Å². The fourth-order valence-electron chi connectivity index (χ4n) is 2.36. The molecule has 0 aliphatic carbocycles. The zero-order chi connectivity index (χ0) is 18.2. The minimum Gasteiger partial charge on any atom is -0.493 e. The molecule has 2 rings (SSSR count). The Hall–Kier alpha value is -2.33. The molecule has 1 aromatic heterocycles. The number of rotatable bonds is 8. The SMILES string of the molecule is CCCCCCOc1cc(F)cc(-c2nc(SC)[nH]c(=O)c2C#N)c1. The lowest BCUT2D eigenvalue weighted by Crippen LogP contribution is -2.14. The second-order valence-corrected chi connectivity index (χ2v) is 6.29. The molecule has 0 atom stereocenters. The Morgan fingerprint density at radius 2 is 2.12 bits per heavy atom. The van der Waals surface area contributed by atoms with Crippen LogP contribution in [0.3, 0.4) is 0 Å². The van der Waals surface area contributed by atoms with Gasteiger partial charge in [-0.25, -0.2) is 9.37 Å². The van der Waals surface area contributed by atoms with Crippen molar-refractivity contribution in [3.63, 3.8) is 0 Å². The third-order valence-electron chi connectivity index (χ3n) is 3.61. The molecular weight excluding hydrogens is 341 g/mol. The molecule has 0 spiro atoms. The van der Waals surface area contributed by atoms with Crippen molar-refractivity contribution in [3.05, 3.63) is 39.9 Å². The lowest BCUT2D eigenvalue weighted by molar-refractivity contribution is 0.304. The van der Waals surface area contributed by atoms with E-state index in [0.29, 0.717) is 23.1 Å². The summed E-state index contributed by atoms with van der Waals surface area (Å²) in [6, 6.07) is 5.98. The molecule has 132 valence electrons. The van der Waals surface area contributed by atoms with E-state index >= 15 is 0 Å². The van der Waals surface area contributed by atoms with Gasteiger partial charge in [-0.15, -0.1) is 0 Å². The fraction of sp³-hybridized carbons (Fsp3) is 0.389. The monoisotopic (exact) mass is 361 g/mol. The molecule has 0 saturated carbocycles. The van der Waals surface area contributed by atoms with Gasteiger partial charge in [-0.2, -0.15) is 5.26 Å². The van der Waals surface area contributed by atoms with E-state index in [9.17, 15) is 14.4 Å². The largest absolute Gasteiger partial charge is 0.493 e. The van der Waals surface area contributed by atoms with E-state index in [-0.39, 0.29) is 11.3 Å². The van der Waals surface area contributed by atoms with Crippen molar-refractivity contribution in [1.29, 1.82) is 5.26 Å². The molecule has 0 radical (unpaired) electrons. The van der Waals surface area contributed by atoms with E-state index in [1.807, 2.05) is 6.07 Å². The molecule has 25 heavy (non-hydrogen) atoms. The molecule has 0 unspecified atom stereocenters. The summed E-state index contributed by atoms with van der Waals surface area (Å²) in [5, 5.41) is 9.61. The van der Waals surface area contributed by atoms with E-state index in [2.05, 4.69) is 16.9 Å². The third kappa shape index (κ3) is 5.07. The number of benzene rings is 1. The number of H-pyrrole nitrogens is 1. The van der Waals surface area contributed by atoms with Gasteiger partial charge in [0.05, 0.1) is 12.3 Å². The number of nitrogens with zero attached hydrogens (tertiary/aromatic N) is 2. The van der Waals surface area contributed by atoms with Crippen molar-refractivity contribution in [2.24, 2.45) is 0 Å². The van der Waals surface area contributed by atoms with Crippen LogP contribution in [0.15, 0.2) is 28.2 Å². The molecule has 0 fully saturated rings. The lowest BCUT2D eigenvalue weighted by Gasteiger charge is -2.10. The van der Waals surface area contributed by atoms with Crippen LogP contribution in [0.25, 0.3) is 11.3 Å². The zero-order valence-corrected chi connectivity index (χ0v) is 15.1. The predicted molar refractivity (Wildman–Crippen MR) is 96.4 cm³/mol. The maximum Gasteiger partial charge on any atom is 0.270 e. The van der Waals surface area contributed by atoms with E-state index in [4.69, 9.17) is 4.74 Å². The van der Waals surface area contributed by atoms with Crippen LogP contribution >= 0.6 is 11.8 Å². The second-order valence-electron chi connectivity index (χ2n) is 5.50. The van der Waals surface area contributed by atoms with Gasteiger partial charge in [0.1, 0.15) is 23.2 Å². The third-order valence-corrected chi connectivity index (χ3v) is 4.19. The van der Waals surface area contributed by atoms with Gasteiger partial charge in [-0.05, 0) is 24.8 Å². The van der Waals surface area contributed by atoms with E-state index < -0.39 is 11.4 Å². The van der Waals surface area contributed by atoms with Gasteiger partial charge >= 0.3 is 0 Å². The van der Waals surface area contributed by atoms with Gasteiger partial charge in [0, 0.05) is 11.6 Å². The van der Waals surface area contributed by atoms with Gasteiger partial charge in [-0.1, -0.05) is 37.9 Å². The van der Waals surface area contributed by atoms with Crippen LogP contribution in [0, 0.1) is 17.1 Å². The van der Waals surface area contributed by atoms with Crippen molar-refractivity contribution < 1.29 is 9.13 Å². The number of ether oxygens (including phenoxy) is 1. The average Bonchev–Trinajstić information content (AvgIpc) is 2.60. The Morgan fingerprint density at radius 1 is 1.32 bits per heavy atom. The molecule has 0 bridgehead atoms. The first kappa shape index (κ1) is 19.0. The van der Waals surface area contributed by atoms with Gasteiger partial charge in [-0.3, -0.25) is 4.79 Å². The Kier molecular flexibility index (Phi) is 7.02. The van der Waals surface area contributed by atoms with Crippen LogP contribution in [0.1, 0.15) is 38.2 Å². The second kappa shape index (κ2) is 9.23. The number of thioether (sulfide) groups is 1. The highest BCUT2D eigenvalue weighted by molar-refractivity contribution is 7.98. The van der Waals surface area contributed by atoms with Crippen molar-refractivity contribution in [3.8, 4) is 23.1 Å². The Balaban J connectivity index is 2.32. The molecule has 0 saturated heterocycles. The van der Waals surface area contributed by atoms with Crippen LogP contribution in [0.2, 0.25) is 0 Å². The van der Waals surface area contributed by atoms with Crippen molar-refractivity contribution in [1.82, 2.24) is 9.97 Å². The number of aromatic amines is 1. The summed E-state index contributed by atoms with van der Waals surface area (Å²) in [5.74, 6) is -0.138. The van der Waals surface area contributed by atoms with E-state index in [0.717, 1.165) is 25.7 Å². The number of hydrogen-bond acceptors (Lipinski definition) is 5. The summed E-state index contributed by atoms with van der Waals surface area (Å²) in [6.45, 7) is 2.62. The Bertz CT molecular complexity index is 830. The molecule has 0 amide bonds. The highest BCUT2D eigenvalue weighted by Gasteiger charge is 2.15. The first-order chi connectivity index (χ1) is 12.1. The molecule has 1 aromatic carbocycles. The first-order valence-corrected chi connectivity index (χ1v) is 9.33. The smallest absolute Gasteiger partial charge is 0.270 e. The highest BCUT2D eigenvalue weighted by atomic mass is 32.2. The first-order valence-electron chi connectivity index (χ1n) is 8.11. The van der Waals surface area contributed by atoms with Crippen LogP contribution in [-0.4, -0.2) is 22.8 Å². The number of aromatic nitrogens is 2. The maximum absolute atomic E-state index is 14.0. The standard InChI is InChI=1S/C18H20FN3O2S/c1-3-4-5-6-7-24-14-9-12(8-13(19)10-14)16-15(11-20)17(23)22-18(21-16)25-2/h8-10H,3-7H2,1-2H3,(H,21,22,23). The van der Waals surface area contributed by atoms with Crippen LogP contribution in [0.5, 0.6) is 5.75 Å². The number of halogens is 1. The molecule has 7 heteroatoms. The van der Waals surface area contributed by atoms with Crippen molar-refractivity contribution in [2.45, 2.75) is 37.8 Å². The van der Waals surface area contributed by atoms with E-state index in [1.165, 1.54) is 23.9 Å². The molecular formula is C18H20FN3O2S. The summed E-state index contributed by atoms with van der Waals surface area (Å²) >= 11 is 1.24. The summed E-state index contributed by atoms with van der Waals surface area (Å²) in [4.78, 5) is 18.8. The van der Waals surface area contributed by atoms with Gasteiger partial charge in [0.15, 0.2) is 5.16 Å². The predicted octanol–water partition coefficient (Wildman–Crippen LogP) is 4.13. The highest BCUT2D eigenvalue weighted by Crippen LogP contribution is 2.27. The van der Waals surface area contributed by atoms with Crippen LogP contribution < -0.4 is 10.3 Å². The van der Waals surface area contributed by atoms with Gasteiger partial charge < -0.3 is 9.72 Å². The summed E-state index contributed by atoms with van der Waals surface area (Å²) < 4.78 is 19.6. The van der Waals surface area contributed by atoms with Gasteiger partial charge in [0.2, 0.25) is 0 Å². The zero-order valence-electron chi connectivity index (χ0n) is 14.3. The van der Waals surface area contributed by atoms with Gasteiger partial charge in [0.25, 0.3) is 5.56 Å². The molecule has 2 aromatic rings. The number of nitriles is 1. The fourth-order valence-corrected chi connectivity index (χ4v) is 2.74. The number of unbranched alkanes of at least 4 members (excludes halogenated alkanes) is 3. The lowest BCUT2D eigenvalue weighted by atomic mass is 10.1. The molecule has 1 N–H and O–H groups in total. The summed E-state index contributed by atoms with van der Waals surface area (Å²) in [6.07, 6.45) is 5.97. The molecule has 0 aliphatic rings. The molecule has 5 nitrogen and oxygen atoms in total. The quantitative estimate of drug-likeness (QED) is 0.434. The number of hydrogen-bond donors (Lipinski definition) is 1. The minimum atomic E-state index is -0.539. The minimum absolute atomic E-state index is 0.141. The summed E-state index contributed by atoms with van der Waals surface area (Å²) in [7, 11) is 0. The molecule has 1 heterocycles. The topological polar surface area (TPSA) is 78.8 Å². The number of nitrogens with one attached hydrogen (secondary N) is 1. The Labute approximate surface area is 150 Å². The normalized spacial score (nSPS) is 10.5. The van der Waals surface area contributed by atoms with E-state index in [1.54, 1.807) is 12.3 Å². The van der Waals surface area contributed by atoms with Crippen molar-refractivity contribution in [2.75, 3.05) is 12.9 Å². The summed E-state index contributed by atoms with van der Waals surface area (Å²) in [5.41, 5.74) is -0.173. The maximum atomic E-state index is 14.0. The Morgan fingerprint density at radius 3 is 2.80 bits per heavy atom. The van der Waals surface area contributed by atoms with Crippen LogP contribution in [0.4, 0.5) is 4.39 Å². The van der Waals surface area contributed by atoms with Crippen molar-refractivity contribution >= 4 is 11.8 Å².